The third-order valence-electron chi connectivity index (χ3n) is 1.67. The van der Waals surface area contributed by atoms with Crippen LogP contribution in [-0.2, 0) is 0 Å². The maximum atomic E-state index is 5.82. The predicted octanol–water partition coefficient (Wildman–Crippen LogP) is 3.93. The van der Waals surface area contributed by atoms with Crippen molar-refractivity contribution in [3.8, 4) is 11.8 Å². The molecular formula is C11H11BrClN. The molecule has 0 saturated heterocycles. The van der Waals surface area contributed by atoms with Gasteiger partial charge in [-0.2, -0.15) is 0 Å². The minimum atomic E-state index is 0.732. The van der Waals surface area contributed by atoms with Crippen LogP contribution in [0.15, 0.2) is 22.7 Å². The Morgan fingerprint density at radius 2 is 2.29 bits per heavy atom. The summed E-state index contributed by atoms with van der Waals surface area (Å²) in [6.45, 7) is 2.69. The molecule has 0 fully saturated rings. The molecule has 1 N–H and O–H groups in total. The minimum Gasteiger partial charge on any atom is -0.383 e. The van der Waals surface area contributed by atoms with Gasteiger partial charge in [0.15, 0.2) is 0 Å². The number of nitrogens with one attached hydrogen (secondary N) is 1. The Bertz CT molecular complexity index is 365. The molecular weight excluding hydrogens is 261 g/mol. The molecule has 0 atom stereocenters. The summed E-state index contributed by atoms with van der Waals surface area (Å²) in [4.78, 5) is 0. The summed E-state index contributed by atoms with van der Waals surface area (Å²) in [5.74, 6) is 5.85. The second-order valence-electron chi connectivity index (χ2n) is 2.73. The monoisotopic (exact) mass is 271 g/mol. The third-order valence-corrected chi connectivity index (χ3v) is 2.56. The number of hydrogen-bond donors (Lipinski definition) is 1. The Hall–Kier alpha value is -0.650. The number of hydrogen-bond acceptors (Lipinski definition) is 1. The van der Waals surface area contributed by atoms with Crippen LogP contribution in [0.3, 0.4) is 0 Å². The van der Waals surface area contributed by atoms with Crippen LogP contribution in [0.2, 0.25) is 5.02 Å². The summed E-state index contributed by atoms with van der Waals surface area (Å²) in [5.41, 5.74) is 1.05. The van der Waals surface area contributed by atoms with Crippen molar-refractivity contribution in [2.75, 3.05) is 11.9 Å². The van der Waals surface area contributed by atoms with Gasteiger partial charge in [0.2, 0.25) is 0 Å². The molecule has 0 radical (unpaired) electrons. The van der Waals surface area contributed by atoms with Crippen molar-refractivity contribution in [1.29, 1.82) is 0 Å². The highest BCUT2D eigenvalue weighted by Gasteiger charge is 1.98. The lowest BCUT2D eigenvalue weighted by atomic mass is 10.3. The summed E-state index contributed by atoms with van der Waals surface area (Å²) in [5, 5.41) is 4.00. The third kappa shape index (κ3) is 3.61. The van der Waals surface area contributed by atoms with E-state index in [1.54, 1.807) is 0 Å². The Morgan fingerprint density at radius 3 is 2.93 bits per heavy atom. The maximum Gasteiger partial charge on any atom is 0.0485 e. The van der Waals surface area contributed by atoms with Gasteiger partial charge in [0.1, 0.15) is 0 Å². The van der Waals surface area contributed by atoms with Gasteiger partial charge in [0.25, 0.3) is 0 Å². The predicted molar refractivity (Wildman–Crippen MR) is 65.7 cm³/mol. The molecule has 0 aromatic heterocycles. The van der Waals surface area contributed by atoms with Gasteiger partial charge in [-0.25, -0.2) is 0 Å². The van der Waals surface area contributed by atoms with Gasteiger partial charge in [-0.15, -0.1) is 11.8 Å². The molecule has 14 heavy (non-hydrogen) atoms. The van der Waals surface area contributed by atoms with E-state index in [4.69, 9.17) is 11.6 Å². The zero-order valence-electron chi connectivity index (χ0n) is 7.90. The fraction of sp³-hybridized carbons (Fsp3) is 0.273. The lowest BCUT2D eigenvalue weighted by Crippen LogP contribution is -2.00. The number of rotatable bonds is 3. The van der Waals surface area contributed by atoms with Crippen molar-refractivity contribution in [1.82, 2.24) is 0 Å². The fourth-order valence-corrected chi connectivity index (χ4v) is 1.84. The van der Waals surface area contributed by atoms with Crippen LogP contribution in [-0.4, -0.2) is 6.54 Å². The van der Waals surface area contributed by atoms with E-state index in [0.29, 0.717) is 0 Å². The average molecular weight is 273 g/mol. The molecule has 0 heterocycles. The van der Waals surface area contributed by atoms with Crippen LogP contribution in [0.1, 0.15) is 13.3 Å². The van der Waals surface area contributed by atoms with Gasteiger partial charge >= 0.3 is 0 Å². The van der Waals surface area contributed by atoms with E-state index in [1.807, 2.05) is 25.1 Å². The number of benzene rings is 1. The molecule has 3 heteroatoms. The van der Waals surface area contributed by atoms with Gasteiger partial charge in [0.05, 0.1) is 0 Å². The lowest BCUT2D eigenvalue weighted by molar-refractivity contribution is 1.09. The Labute approximate surface area is 98.0 Å². The maximum absolute atomic E-state index is 5.82. The number of anilines is 1. The first-order chi connectivity index (χ1) is 6.74. The van der Waals surface area contributed by atoms with Gasteiger partial charge in [-0.3, -0.25) is 0 Å². The first-order valence-electron chi connectivity index (χ1n) is 4.32. The van der Waals surface area contributed by atoms with Crippen LogP contribution in [0.25, 0.3) is 0 Å². The van der Waals surface area contributed by atoms with Crippen molar-refractivity contribution < 1.29 is 0 Å². The highest BCUT2D eigenvalue weighted by atomic mass is 79.9. The van der Waals surface area contributed by atoms with Crippen molar-refractivity contribution in [2.24, 2.45) is 0 Å². The summed E-state index contributed by atoms with van der Waals surface area (Å²) in [6, 6.07) is 5.68. The molecule has 0 aliphatic carbocycles. The topological polar surface area (TPSA) is 12.0 Å². The van der Waals surface area contributed by atoms with Crippen molar-refractivity contribution in [3.05, 3.63) is 27.7 Å². The standard InChI is InChI=1S/C11H11BrClN/c1-2-3-4-7-14-11-6-5-9(13)8-10(11)12/h5-6,8,14H,4,7H2,1H3. The van der Waals surface area contributed by atoms with Crippen LogP contribution >= 0.6 is 27.5 Å². The summed E-state index contributed by atoms with van der Waals surface area (Å²) >= 11 is 9.25. The molecule has 0 aliphatic heterocycles. The molecule has 0 aliphatic rings. The van der Waals surface area contributed by atoms with E-state index in [1.165, 1.54) is 0 Å². The van der Waals surface area contributed by atoms with E-state index < -0.39 is 0 Å². The van der Waals surface area contributed by atoms with E-state index >= 15 is 0 Å². The molecule has 1 nitrogen and oxygen atoms in total. The zero-order valence-corrected chi connectivity index (χ0v) is 10.2. The molecule has 0 amide bonds. The van der Waals surface area contributed by atoms with Crippen molar-refractivity contribution in [3.63, 3.8) is 0 Å². The summed E-state index contributed by atoms with van der Waals surface area (Å²) in [6.07, 6.45) is 0.853. The number of halogens is 2. The highest BCUT2D eigenvalue weighted by Crippen LogP contribution is 2.25. The van der Waals surface area contributed by atoms with Gasteiger partial charge in [-0.05, 0) is 41.1 Å². The summed E-state index contributed by atoms with van der Waals surface area (Å²) < 4.78 is 0.981. The smallest absolute Gasteiger partial charge is 0.0485 e. The Kier molecular flexibility index (Phi) is 4.86. The van der Waals surface area contributed by atoms with E-state index in [2.05, 4.69) is 33.1 Å². The highest BCUT2D eigenvalue weighted by molar-refractivity contribution is 9.10. The molecule has 74 valence electrons. The lowest BCUT2D eigenvalue weighted by Gasteiger charge is -2.06. The van der Waals surface area contributed by atoms with Gasteiger partial charge < -0.3 is 5.32 Å². The summed E-state index contributed by atoms with van der Waals surface area (Å²) in [7, 11) is 0. The largest absolute Gasteiger partial charge is 0.383 e. The second-order valence-corrected chi connectivity index (χ2v) is 4.02. The molecule has 0 bridgehead atoms. The first kappa shape index (κ1) is 11.4. The van der Waals surface area contributed by atoms with Crippen LogP contribution in [0, 0.1) is 11.8 Å². The molecule has 0 saturated carbocycles. The van der Waals surface area contributed by atoms with E-state index in [-0.39, 0.29) is 0 Å². The second kappa shape index (κ2) is 5.95. The van der Waals surface area contributed by atoms with Crippen molar-refractivity contribution >= 4 is 33.2 Å². The quantitative estimate of drug-likeness (QED) is 0.649. The Morgan fingerprint density at radius 1 is 1.50 bits per heavy atom. The van der Waals surface area contributed by atoms with Crippen molar-refractivity contribution in [2.45, 2.75) is 13.3 Å². The minimum absolute atomic E-state index is 0.732. The Balaban J connectivity index is 2.53. The average Bonchev–Trinajstić information content (AvgIpc) is 2.15. The first-order valence-corrected chi connectivity index (χ1v) is 5.49. The van der Waals surface area contributed by atoms with E-state index in [0.717, 1.165) is 28.1 Å². The molecule has 1 rings (SSSR count). The molecule has 1 aromatic carbocycles. The van der Waals surface area contributed by atoms with Crippen LogP contribution in [0.5, 0.6) is 0 Å². The van der Waals surface area contributed by atoms with Crippen LogP contribution in [0.4, 0.5) is 5.69 Å². The molecule has 0 unspecified atom stereocenters. The SMILES string of the molecule is CC#CCCNc1ccc(Cl)cc1Br. The van der Waals surface area contributed by atoms with Crippen LogP contribution < -0.4 is 5.32 Å². The fourth-order valence-electron chi connectivity index (χ4n) is 1.02. The molecule has 0 spiro atoms. The van der Waals surface area contributed by atoms with Gasteiger partial charge in [-0.1, -0.05) is 11.6 Å². The normalized spacial score (nSPS) is 9.07. The van der Waals surface area contributed by atoms with E-state index in [9.17, 15) is 0 Å². The van der Waals surface area contributed by atoms with Gasteiger partial charge in [0, 0.05) is 28.1 Å². The molecule has 1 aromatic rings. The zero-order chi connectivity index (χ0) is 10.4.